The summed E-state index contributed by atoms with van der Waals surface area (Å²) < 4.78 is 6.21. The van der Waals surface area contributed by atoms with Crippen LogP contribution in [0.15, 0.2) is 0 Å². The van der Waals surface area contributed by atoms with Crippen LogP contribution in [-0.4, -0.2) is 23.4 Å². The molecule has 2 saturated carbocycles. The van der Waals surface area contributed by atoms with Gasteiger partial charge in [-0.1, -0.05) is 26.7 Å². The van der Waals surface area contributed by atoms with Crippen molar-refractivity contribution < 1.29 is 9.84 Å². The summed E-state index contributed by atoms with van der Waals surface area (Å²) in [5, 5.41) is 9.69. The zero-order chi connectivity index (χ0) is 11.5. The quantitative estimate of drug-likeness (QED) is 0.784. The maximum atomic E-state index is 9.69. The van der Waals surface area contributed by atoms with Crippen molar-refractivity contribution in [3.05, 3.63) is 0 Å². The maximum Gasteiger partial charge on any atom is 0.0583 e. The van der Waals surface area contributed by atoms with Crippen LogP contribution in [-0.2, 0) is 4.74 Å². The van der Waals surface area contributed by atoms with Crippen LogP contribution in [0, 0.1) is 11.8 Å². The molecule has 2 nitrogen and oxygen atoms in total. The molecule has 0 radical (unpaired) electrons. The summed E-state index contributed by atoms with van der Waals surface area (Å²) in [6.45, 7) is 4.48. The van der Waals surface area contributed by atoms with Gasteiger partial charge in [0.15, 0.2) is 0 Å². The van der Waals surface area contributed by atoms with Gasteiger partial charge in [0.05, 0.1) is 18.3 Å². The van der Waals surface area contributed by atoms with Gasteiger partial charge in [-0.2, -0.15) is 0 Å². The fraction of sp³-hybridized carbons (Fsp3) is 1.00. The first-order chi connectivity index (χ1) is 7.65. The van der Waals surface area contributed by atoms with Crippen molar-refractivity contribution in [2.45, 2.75) is 77.1 Å². The van der Waals surface area contributed by atoms with Crippen molar-refractivity contribution in [3.8, 4) is 0 Å². The van der Waals surface area contributed by atoms with Crippen LogP contribution >= 0.6 is 0 Å². The maximum absolute atomic E-state index is 9.69. The molecule has 0 saturated heterocycles. The fourth-order valence-corrected chi connectivity index (χ4v) is 3.23. The third-order valence-electron chi connectivity index (χ3n) is 4.35. The van der Waals surface area contributed by atoms with Gasteiger partial charge in [0.2, 0.25) is 0 Å². The van der Waals surface area contributed by atoms with Gasteiger partial charge in [-0.3, -0.25) is 0 Å². The molecule has 0 aromatic carbocycles. The number of hydrogen-bond donors (Lipinski definition) is 1. The number of aliphatic hydroxyl groups excluding tert-OH is 1. The Labute approximate surface area is 99.4 Å². The second-order valence-electron chi connectivity index (χ2n) is 6.01. The Hall–Kier alpha value is -0.0800. The summed E-state index contributed by atoms with van der Waals surface area (Å²) in [7, 11) is 0. The van der Waals surface area contributed by atoms with E-state index in [4.69, 9.17) is 4.74 Å². The minimum atomic E-state index is -0.0925. The summed E-state index contributed by atoms with van der Waals surface area (Å²) in [6.07, 6.45) is 9.04. The van der Waals surface area contributed by atoms with E-state index in [1.54, 1.807) is 0 Å². The Morgan fingerprint density at radius 3 is 2.38 bits per heavy atom. The van der Waals surface area contributed by atoms with E-state index >= 15 is 0 Å². The van der Waals surface area contributed by atoms with Gasteiger partial charge < -0.3 is 9.84 Å². The van der Waals surface area contributed by atoms with Gasteiger partial charge in [0, 0.05) is 0 Å². The topological polar surface area (TPSA) is 29.5 Å². The molecule has 0 aliphatic heterocycles. The van der Waals surface area contributed by atoms with Crippen LogP contribution in [0.25, 0.3) is 0 Å². The molecule has 5 unspecified atom stereocenters. The van der Waals surface area contributed by atoms with Crippen molar-refractivity contribution in [2.24, 2.45) is 11.8 Å². The molecule has 2 aliphatic rings. The highest BCUT2D eigenvalue weighted by Crippen LogP contribution is 2.31. The normalized spacial score (nSPS) is 45.6. The summed E-state index contributed by atoms with van der Waals surface area (Å²) >= 11 is 0. The van der Waals surface area contributed by atoms with Crippen LogP contribution in [0.1, 0.15) is 58.8 Å². The molecule has 2 rings (SSSR count). The minimum absolute atomic E-state index is 0.0925. The second kappa shape index (κ2) is 5.50. The molecule has 0 aromatic rings. The molecule has 5 atom stereocenters. The monoisotopic (exact) mass is 226 g/mol. The summed E-state index contributed by atoms with van der Waals surface area (Å²) in [6, 6.07) is 0. The van der Waals surface area contributed by atoms with E-state index in [1.807, 2.05) is 0 Å². The first kappa shape index (κ1) is 12.4. The predicted molar refractivity (Wildman–Crippen MR) is 65.3 cm³/mol. The van der Waals surface area contributed by atoms with E-state index in [1.165, 1.54) is 25.7 Å². The molecule has 0 aromatic heterocycles. The van der Waals surface area contributed by atoms with E-state index in [2.05, 4.69) is 13.8 Å². The standard InChI is InChI=1S/C14H26O2/c1-10-4-3-5-12(8-10)16-13-6-7-14(15)11(2)9-13/h10-15H,3-9H2,1-2H3. The van der Waals surface area contributed by atoms with Crippen LogP contribution in [0.4, 0.5) is 0 Å². The number of hydrogen-bond acceptors (Lipinski definition) is 2. The van der Waals surface area contributed by atoms with Crippen molar-refractivity contribution in [1.29, 1.82) is 0 Å². The molecule has 0 spiro atoms. The molecule has 0 amide bonds. The van der Waals surface area contributed by atoms with Gasteiger partial charge in [-0.05, 0) is 43.9 Å². The zero-order valence-corrected chi connectivity index (χ0v) is 10.7. The smallest absolute Gasteiger partial charge is 0.0583 e. The lowest BCUT2D eigenvalue weighted by Crippen LogP contribution is -2.35. The van der Waals surface area contributed by atoms with Crippen molar-refractivity contribution >= 4 is 0 Å². The molecule has 94 valence electrons. The molecule has 16 heavy (non-hydrogen) atoms. The Morgan fingerprint density at radius 1 is 0.938 bits per heavy atom. The summed E-state index contributed by atoms with van der Waals surface area (Å²) in [5.74, 6) is 1.25. The molecule has 2 heteroatoms. The van der Waals surface area contributed by atoms with Crippen LogP contribution < -0.4 is 0 Å². The molecule has 1 N–H and O–H groups in total. The lowest BCUT2D eigenvalue weighted by Gasteiger charge is -2.35. The van der Waals surface area contributed by atoms with E-state index in [-0.39, 0.29) is 6.10 Å². The summed E-state index contributed by atoms with van der Waals surface area (Å²) in [5.41, 5.74) is 0. The van der Waals surface area contributed by atoms with Crippen LogP contribution in [0.3, 0.4) is 0 Å². The summed E-state index contributed by atoms with van der Waals surface area (Å²) in [4.78, 5) is 0. The average Bonchev–Trinajstić information content (AvgIpc) is 2.24. The number of rotatable bonds is 2. The first-order valence-electron chi connectivity index (χ1n) is 6.98. The number of ether oxygens (including phenoxy) is 1. The molecular weight excluding hydrogens is 200 g/mol. The average molecular weight is 226 g/mol. The molecule has 0 bridgehead atoms. The van der Waals surface area contributed by atoms with E-state index in [0.717, 1.165) is 25.2 Å². The Bertz CT molecular complexity index is 217. The van der Waals surface area contributed by atoms with Crippen LogP contribution in [0.5, 0.6) is 0 Å². The SMILES string of the molecule is CC1CCCC(OC2CCC(O)C(C)C2)C1. The first-order valence-corrected chi connectivity index (χ1v) is 6.98. The third-order valence-corrected chi connectivity index (χ3v) is 4.35. The van der Waals surface area contributed by atoms with Crippen LogP contribution in [0.2, 0.25) is 0 Å². The zero-order valence-electron chi connectivity index (χ0n) is 10.7. The van der Waals surface area contributed by atoms with Gasteiger partial charge in [0.1, 0.15) is 0 Å². The Kier molecular flexibility index (Phi) is 4.26. The Balaban J connectivity index is 1.76. The van der Waals surface area contributed by atoms with Gasteiger partial charge in [-0.15, -0.1) is 0 Å². The van der Waals surface area contributed by atoms with Gasteiger partial charge in [-0.25, -0.2) is 0 Å². The molecule has 2 fully saturated rings. The lowest BCUT2D eigenvalue weighted by atomic mass is 9.85. The molecule has 2 aliphatic carbocycles. The van der Waals surface area contributed by atoms with Gasteiger partial charge in [0.25, 0.3) is 0 Å². The van der Waals surface area contributed by atoms with E-state index in [9.17, 15) is 5.11 Å². The fourth-order valence-electron chi connectivity index (χ4n) is 3.23. The van der Waals surface area contributed by atoms with Crippen molar-refractivity contribution in [3.63, 3.8) is 0 Å². The number of aliphatic hydroxyl groups is 1. The predicted octanol–water partition coefficient (Wildman–Crippen LogP) is 3.13. The highest BCUT2D eigenvalue weighted by atomic mass is 16.5. The molecule has 0 heterocycles. The lowest BCUT2D eigenvalue weighted by molar-refractivity contribution is -0.0805. The van der Waals surface area contributed by atoms with E-state index in [0.29, 0.717) is 18.1 Å². The highest BCUT2D eigenvalue weighted by Gasteiger charge is 2.29. The molecular formula is C14H26O2. The van der Waals surface area contributed by atoms with Crippen molar-refractivity contribution in [1.82, 2.24) is 0 Å². The third kappa shape index (κ3) is 3.21. The van der Waals surface area contributed by atoms with Gasteiger partial charge >= 0.3 is 0 Å². The Morgan fingerprint density at radius 2 is 1.69 bits per heavy atom. The largest absolute Gasteiger partial charge is 0.393 e. The highest BCUT2D eigenvalue weighted by molar-refractivity contribution is 4.80. The second-order valence-corrected chi connectivity index (χ2v) is 6.01. The van der Waals surface area contributed by atoms with E-state index < -0.39 is 0 Å². The van der Waals surface area contributed by atoms with Crippen molar-refractivity contribution in [2.75, 3.05) is 0 Å². The minimum Gasteiger partial charge on any atom is -0.393 e.